The van der Waals surface area contributed by atoms with Crippen LogP contribution in [0.5, 0.6) is 0 Å². The van der Waals surface area contributed by atoms with E-state index in [-0.39, 0.29) is 47.2 Å². The summed E-state index contributed by atoms with van der Waals surface area (Å²) in [5.41, 5.74) is 1.82. The van der Waals surface area contributed by atoms with Crippen LogP contribution in [0.4, 0.5) is 20.3 Å². The highest BCUT2D eigenvalue weighted by Gasteiger charge is 2.31. The first-order valence-electron chi connectivity index (χ1n) is 20.3. The summed E-state index contributed by atoms with van der Waals surface area (Å²) < 4.78 is 43.2. The number of anilines is 2. The molecule has 3 amide bonds. The molecule has 14 nitrogen and oxygen atoms in total. The molecule has 4 fully saturated rings. The molecule has 58 heavy (non-hydrogen) atoms. The van der Waals surface area contributed by atoms with Crippen LogP contribution in [0, 0.1) is 17.8 Å². The van der Waals surface area contributed by atoms with Crippen molar-refractivity contribution in [2.24, 2.45) is 5.92 Å². The van der Waals surface area contributed by atoms with Crippen molar-refractivity contribution in [1.29, 1.82) is 0 Å². The molecule has 306 valence electrons. The molecule has 0 spiro atoms. The van der Waals surface area contributed by atoms with Gasteiger partial charge >= 0.3 is 0 Å². The van der Waals surface area contributed by atoms with Crippen LogP contribution in [-0.2, 0) is 19.1 Å². The number of carbonyl (C=O) groups excluding carboxylic acids is 3. The number of ether oxygens (including phenoxy) is 2. The standard InChI is InChI=1S/C42H49F2N9O5/c1-27-26-57-22-20-51(27)36-16-19-52-40(47-36)34(23-45-52)42(56)46-35-25-53(49-38(35)39(43)44)31-10-6-29(7-11-31)24-50-17-14-32(15-18-50)58-21-2-3-28-4-8-30(9-5-28)33-12-13-37(54)48-41(33)55/h4-5,8-9,16,19,23,25,27,29,31-33,39H,6-7,10-15,17-18,20-22,24,26H2,1H3,(H,46,56)(H,48,54,55)/t27-,29?,31?,33?/m1/s1. The van der Waals surface area contributed by atoms with E-state index < -0.39 is 18.0 Å². The van der Waals surface area contributed by atoms with Gasteiger partial charge in [0.2, 0.25) is 11.8 Å². The van der Waals surface area contributed by atoms with Gasteiger partial charge in [-0.05, 0) is 81.5 Å². The van der Waals surface area contributed by atoms with E-state index in [4.69, 9.17) is 14.5 Å². The monoisotopic (exact) mass is 797 g/mol. The number of fused-ring (bicyclic) bond motifs is 1. The number of likely N-dealkylation sites (tertiary alicyclic amines) is 1. The highest BCUT2D eigenvalue weighted by atomic mass is 19.3. The van der Waals surface area contributed by atoms with Gasteiger partial charge in [-0.25, -0.2) is 18.3 Å². The molecule has 4 aliphatic rings. The Kier molecular flexibility index (Phi) is 12.1. The summed E-state index contributed by atoms with van der Waals surface area (Å²) in [6, 6.07) is 9.52. The van der Waals surface area contributed by atoms with E-state index in [1.165, 1.54) is 10.7 Å². The van der Waals surface area contributed by atoms with Crippen LogP contribution in [0.2, 0.25) is 0 Å². The Morgan fingerprint density at radius 3 is 2.59 bits per heavy atom. The first-order valence-corrected chi connectivity index (χ1v) is 20.3. The minimum absolute atomic E-state index is 0.00353. The molecular formula is C42H49F2N9O5. The zero-order chi connectivity index (χ0) is 40.2. The number of alkyl halides is 2. The van der Waals surface area contributed by atoms with E-state index in [0.717, 1.165) is 69.3 Å². The summed E-state index contributed by atoms with van der Waals surface area (Å²) in [5.74, 6) is 6.12. The number of rotatable bonds is 10. The Balaban J connectivity index is 0.784. The number of amides is 3. The number of carbonyl (C=O) groups is 3. The molecule has 1 aromatic carbocycles. The van der Waals surface area contributed by atoms with Gasteiger partial charge < -0.3 is 24.6 Å². The van der Waals surface area contributed by atoms with Gasteiger partial charge in [-0.2, -0.15) is 10.2 Å². The Bertz CT molecular complexity index is 2160. The highest BCUT2D eigenvalue weighted by Crippen LogP contribution is 2.36. The summed E-state index contributed by atoms with van der Waals surface area (Å²) in [4.78, 5) is 46.4. The quantitative estimate of drug-likeness (QED) is 0.164. The molecule has 8 rings (SSSR count). The number of aromatic nitrogens is 5. The van der Waals surface area contributed by atoms with E-state index >= 15 is 0 Å². The van der Waals surface area contributed by atoms with Gasteiger partial charge in [0.15, 0.2) is 11.3 Å². The number of halogens is 2. The van der Waals surface area contributed by atoms with Gasteiger partial charge in [0, 0.05) is 50.6 Å². The summed E-state index contributed by atoms with van der Waals surface area (Å²) in [6.07, 6.45) is 8.32. The van der Waals surface area contributed by atoms with E-state index in [2.05, 4.69) is 42.5 Å². The number of nitrogens with zero attached hydrogens (tertiary/aromatic N) is 7. The van der Waals surface area contributed by atoms with E-state index in [1.807, 2.05) is 37.3 Å². The maximum Gasteiger partial charge on any atom is 0.284 e. The smallest absolute Gasteiger partial charge is 0.284 e. The van der Waals surface area contributed by atoms with E-state index in [1.54, 1.807) is 17.1 Å². The molecule has 1 aliphatic carbocycles. The van der Waals surface area contributed by atoms with Gasteiger partial charge in [-0.3, -0.25) is 24.4 Å². The Morgan fingerprint density at radius 1 is 1.05 bits per heavy atom. The maximum atomic E-state index is 14.2. The second kappa shape index (κ2) is 17.7. The van der Waals surface area contributed by atoms with Crippen LogP contribution in [0.3, 0.4) is 0 Å². The SMILES string of the molecule is C[C@@H]1COCCN1c1ccn2ncc(C(=O)Nc3cn(C4CCC(CN5CCC(OCC#Cc6ccc(C7CCC(=O)NC7=O)cc6)CC5)CC4)nc3C(F)F)c2n1. The lowest BCUT2D eigenvalue weighted by Gasteiger charge is -2.36. The molecule has 2 N–H and O–H groups in total. The van der Waals surface area contributed by atoms with E-state index in [0.29, 0.717) is 56.6 Å². The van der Waals surface area contributed by atoms with Crippen LogP contribution in [0.1, 0.15) is 104 Å². The lowest BCUT2D eigenvalue weighted by molar-refractivity contribution is -0.134. The molecule has 1 saturated carbocycles. The second-order valence-corrected chi connectivity index (χ2v) is 15.8. The molecule has 3 saturated heterocycles. The van der Waals surface area contributed by atoms with Crippen molar-refractivity contribution in [1.82, 2.24) is 34.6 Å². The fourth-order valence-corrected chi connectivity index (χ4v) is 8.61. The predicted octanol–water partition coefficient (Wildman–Crippen LogP) is 5.13. The van der Waals surface area contributed by atoms with Crippen molar-refractivity contribution in [3.8, 4) is 11.8 Å². The summed E-state index contributed by atoms with van der Waals surface area (Å²) >= 11 is 0. The first-order chi connectivity index (χ1) is 28.2. The minimum atomic E-state index is -2.85. The second-order valence-electron chi connectivity index (χ2n) is 15.8. The molecule has 1 unspecified atom stereocenters. The van der Waals surface area contributed by atoms with Crippen LogP contribution in [0.15, 0.2) is 48.9 Å². The van der Waals surface area contributed by atoms with Crippen molar-refractivity contribution in [3.05, 3.63) is 71.3 Å². The molecule has 3 aromatic heterocycles. The van der Waals surface area contributed by atoms with Crippen molar-refractivity contribution < 1.29 is 32.6 Å². The van der Waals surface area contributed by atoms with Gasteiger partial charge in [-0.15, -0.1) is 0 Å². The normalized spacial score (nSPS) is 23.5. The third-order valence-electron chi connectivity index (χ3n) is 11.9. The minimum Gasteiger partial charge on any atom is -0.377 e. The van der Waals surface area contributed by atoms with Crippen LogP contribution in [-0.4, -0.2) is 105 Å². The molecule has 0 bridgehead atoms. The Labute approximate surface area is 335 Å². The Morgan fingerprint density at radius 2 is 1.84 bits per heavy atom. The van der Waals surface area contributed by atoms with Crippen molar-refractivity contribution >= 4 is 34.9 Å². The van der Waals surface area contributed by atoms with Gasteiger partial charge in [0.1, 0.15) is 18.0 Å². The molecule has 6 heterocycles. The fourth-order valence-electron chi connectivity index (χ4n) is 8.61. The number of morpholine rings is 1. The van der Waals surface area contributed by atoms with Crippen molar-refractivity contribution in [3.63, 3.8) is 0 Å². The van der Waals surface area contributed by atoms with Crippen LogP contribution in [0.25, 0.3) is 5.65 Å². The molecule has 3 aliphatic heterocycles. The van der Waals surface area contributed by atoms with Crippen molar-refractivity contribution in [2.75, 3.05) is 56.2 Å². The zero-order valence-corrected chi connectivity index (χ0v) is 32.6. The number of nitrogens with one attached hydrogen (secondary N) is 2. The third kappa shape index (κ3) is 9.06. The van der Waals surface area contributed by atoms with Crippen molar-refractivity contribution in [2.45, 2.75) is 88.8 Å². The van der Waals surface area contributed by atoms with E-state index in [9.17, 15) is 23.2 Å². The summed E-state index contributed by atoms with van der Waals surface area (Å²) in [5, 5.41) is 13.6. The largest absolute Gasteiger partial charge is 0.377 e. The number of imide groups is 1. The Hall–Kier alpha value is -5.24. The number of piperidine rings is 2. The molecule has 2 atom stereocenters. The highest BCUT2D eigenvalue weighted by molar-refractivity contribution is 6.08. The molecule has 16 heteroatoms. The van der Waals surface area contributed by atoms with Crippen LogP contribution < -0.4 is 15.5 Å². The molecule has 4 aromatic rings. The zero-order valence-electron chi connectivity index (χ0n) is 32.6. The average Bonchev–Trinajstić information content (AvgIpc) is 3.86. The predicted molar refractivity (Wildman–Crippen MR) is 211 cm³/mol. The number of hydrogen-bond acceptors (Lipinski definition) is 10. The summed E-state index contributed by atoms with van der Waals surface area (Å²) in [7, 11) is 0. The maximum absolute atomic E-state index is 14.2. The third-order valence-corrected chi connectivity index (χ3v) is 11.9. The molecular weight excluding hydrogens is 749 g/mol. The van der Waals surface area contributed by atoms with Gasteiger partial charge in [0.25, 0.3) is 12.3 Å². The number of benzene rings is 1. The average molecular weight is 798 g/mol. The van der Waals surface area contributed by atoms with Gasteiger partial charge in [0.05, 0.1) is 49.2 Å². The molecule has 0 radical (unpaired) electrons. The van der Waals surface area contributed by atoms with Gasteiger partial charge in [-0.1, -0.05) is 24.0 Å². The first kappa shape index (κ1) is 39.6. The van der Waals surface area contributed by atoms with Crippen LogP contribution >= 0.6 is 0 Å². The topological polar surface area (TPSA) is 148 Å². The lowest BCUT2D eigenvalue weighted by atomic mass is 9.85. The lowest BCUT2D eigenvalue weighted by Crippen LogP contribution is -2.44. The number of hydrogen-bond donors (Lipinski definition) is 2. The summed E-state index contributed by atoms with van der Waals surface area (Å²) in [6.45, 7) is 7.12. The fraction of sp³-hybridized carbons (Fsp3) is 0.524.